The lowest BCUT2D eigenvalue weighted by atomic mass is 10.3. The van der Waals surface area contributed by atoms with Crippen LogP contribution in [0.3, 0.4) is 0 Å². The Morgan fingerprint density at radius 2 is 2.10 bits per heavy atom. The van der Waals surface area contributed by atoms with E-state index in [-0.39, 0.29) is 10.1 Å². The van der Waals surface area contributed by atoms with Crippen molar-refractivity contribution in [1.29, 1.82) is 0 Å². The molecule has 0 saturated carbocycles. The van der Waals surface area contributed by atoms with Gasteiger partial charge in [0.15, 0.2) is 0 Å². The molecule has 0 spiro atoms. The molecular weight excluding hydrogens is 175 g/mol. The Labute approximate surface area is 69.1 Å². The predicted octanol–water partition coefficient (Wildman–Crippen LogP) is 2.03. The maximum atomic E-state index is 10.6. The summed E-state index contributed by atoms with van der Waals surface area (Å²) in [5, 5.41) is 0. The second-order valence-corrected chi connectivity index (χ2v) is 2.46. The molecule has 0 N–H and O–H groups in total. The summed E-state index contributed by atoms with van der Waals surface area (Å²) in [6.45, 7) is 3.35. The van der Waals surface area contributed by atoms with E-state index in [1.54, 1.807) is 0 Å². The van der Waals surface area contributed by atoms with Crippen LogP contribution in [0.1, 0.15) is 0 Å². The SMILES string of the molecule is C=C(C=C(Cl)Cl)C(=O)OC. The first-order valence-corrected chi connectivity index (χ1v) is 3.13. The zero-order valence-electron chi connectivity index (χ0n) is 5.36. The van der Waals surface area contributed by atoms with Crippen LogP contribution in [0, 0.1) is 0 Å². The third-order valence-corrected chi connectivity index (χ3v) is 0.949. The van der Waals surface area contributed by atoms with Crippen molar-refractivity contribution in [3.63, 3.8) is 0 Å². The number of esters is 1. The molecule has 0 aliphatic rings. The second kappa shape index (κ2) is 4.36. The van der Waals surface area contributed by atoms with Gasteiger partial charge in [0.05, 0.1) is 12.7 Å². The van der Waals surface area contributed by atoms with Gasteiger partial charge in [-0.05, 0) is 6.08 Å². The molecule has 2 nitrogen and oxygen atoms in total. The van der Waals surface area contributed by atoms with E-state index in [1.165, 1.54) is 13.2 Å². The Morgan fingerprint density at radius 1 is 1.60 bits per heavy atom. The number of methoxy groups -OCH3 is 1. The highest BCUT2D eigenvalue weighted by molar-refractivity contribution is 6.56. The molecule has 0 saturated heterocycles. The van der Waals surface area contributed by atoms with E-state index in [4.69, 9.17) is 23.2 Å². The molecular formula is C6H6Cl2O2. The molecule has 0 bridgehead atoms. The van der Waals surface area contributed by atoms with E-state index in [0.29, 0.717) is 0 Å². The van der Waals surface area contributed by atoms with Crippen molar-refractivity contribution in [2.45, 2.75) is 0 Å². The zero-order valence-corrected chi connectivity index (χ0v) is 6.87. The van der Waals surface area contributed by atoms with Gasteiger partial charge in [-0.25, -0.2) is 4.79 Å². The van der Waals surface area contributed by atoms with E-state index in [0.717, 1.165) is 0 Å². The van der Waals surface area contributed by atoms with Gasteiger partial charge < -0.3 is 4.74 Å². The van der Waals surface area contributed by atoms with Gasteiger partial charge >= 0.3 is 5.97 Å². The molecule has 0 rings (SSSR count). The molecule has 0 atom stereocenters. The zero-order chi connectivity index (χ0) is 8.15. The van der Waals surface area contributed by atoms with Gasteiger partial charge in [-0.1, -0.05) is 29.8 Å². The van der Waals surface area contributed by atoms with Gasteiger partial charge in [0.2, 0.25) is 0 Å². The number of hydrogen-bond acceptors (Lipinski definition) is 2. The summed E-state index contributed by atoms with van der Waals surface area (Å²) in [5.41, 5.74) is 0.127. The number of carbonyl (C=O) groups is 1. The highest BCUT2D eigenvalue weighted by Crippen LogP contribution is 2.10. The molecule has 4 heteroatoms. The van der Waals surface area contributed by atoms with E-state index in [2.05, 4.69) is 11.3 Å². The van der Waals surface area contributed by atoms with Crippen molar-refractivity contribution < 1.29 is 9.53 Å². The van der Waals surface area contributed by atoms with Crippen molar-refractivity contribution in [1.82, 2.24) is 0 Å². The first kappa shape index (κ1) is 9.53. The molecule has 0 fully saturated rings. The monoisotopic (exact) mass is 180 g/mol. The maximum absolute atomic E-state index is 10.6. The van der Waals surface area contributed by atoms with Crippen LogP contribution >= 0.6 is 23.2 Å². The van der Waals surface area contributed by atoms with Crippen molar-refractivity contribution in [2.24, 2.45) is 0 Å². The minimum Gasteiger partial charge on any atom is -0.465 e. The molecule has 10 heavy (non-hydrogen) atoms. The molecule has 0 radical (unpaired) electrons. The molecule has 0 unspecified atom stereocenters. The third kappa shape index (κ3) is 3.54. The highest BCUT2D eigenvalue weighted by atomic mass is 35.5. The summed E-state index contributed by atoms with van der Waals surface area (Å²) in [6.07, 6.45) is 1.22. The van der Waals surface area contributed by atoms with Crippen LogP contribution in [-0.2, 0) is 9.53 Å². The molecule has 0 aliphatic carbocycles. The van der Waals surface area contributed by atoms with Gasteiger partial charge in [-0.2, -0.15) is 0 Å². The number of ether oxygens (including phenoxy) is 1. The largest absolute Gasteiger partial charge is 0.465 e. The molecule has 0 amide bonds. The lowest BCUT2D eigenvalue weighted by Gasteiger charge is -1.94. The fourth-order valence-electron chi connectivity index (χ4n) is 0.322. The fraction of sp³-hybridized carbons (Fsp3) is 0.167. The summed E-state index contributed by atoms with van der Waals surface area (Å²) in [5.74, 6) is -0.543. The number of carbonyl (C=O) groups excluding carboxylic acids is 1. The topological polar surface area (TPSA) is 26.3 Å². The average molecular weight is 181 g/mol. The van der Waals surface area contributed by atoms with Crippen LogP contribution in [0.15, 0.2) is 22.7 Å². The average Bonchev–Trinajstić information content (AvgIpc) is 1.85. The van der Waals surface area contributed by atoms with Gasteiger partial charge in [-0.3, -0.25) is 0 Å². The van der Waals surface area contributed by atoms with Crippen LogP contribution in [0.25, 0.3) is 0 Å². The van der Waals surface area contributed by atoms with Crippen LogP contribution in [0.4, 0.5) is 0 Å². The van der Waals surface area contributed by atoms with Gasteiger partial charge in [-0.15, -0.1) is 0 Å². The number of rotatable bonds is 2. The van der Waals surface area contributed by atoms with Crippen molar-refractivity contribution in [2.75, 3.05) is 7.11 Å². The summed E-state index contributed by atoms with van der Waals surface area (Å²) >= 11 is 10.5. The Kier molecular flexibility index (Phi) is 4.16. The Morgan fingerprint density at radius 3 is 2.40 bits per heavy atom. The molecule has 0 aromatic rings. The summed E-state index contributed by atoms with van der Waals surface area (Å²) in [4.78, 5) is 10.6. The lowest BCUT2D eigenvalue weighted by molar-refractivity contribution is -0.135. The molecule has 0 heterocycles. The highest BCUT2D eigenvalue weighted by Gasteiger charge is 2.02. The molecule has 0 aliphatic heterocycles. The maximum Gasteiger partial charge on any atom is 0.337 e. The Bertz CT molecular complexity index is 180. The third-order valence-electron chi connectivity index (χ3n) is 0.731. The van der Waals surface area contributed by atoms with Gasteiger partial charge in [0.25, 0.3) is 0 Å². The Balaban J connectivity index is 4.11. The van der Waals surface area contributed by atoms with Crippen LogP contribution in [0.5, 0.6) is 0 Å². The van der Waals surface area contributed by atoms with Gasteiger partial charge in [0, 0.05) is 0 Å². The number of hydrogen-bond donors (Lipinski definition) is 0. The first-order valence-electron chi connectivity index (χ1n) is 2.38. The van der Waals surface area contributed by atoms with E-state index in [1.807, 2.05) is 0 Å². The Hall–Kier alpha value is -0.470. The summed E-state index contributed by atoms with van der Waals surface area (Å²) in [7, 11) is 1.25. The smallest absolute Gasteiger partial charge is 0.337 e. The van der Waals surface area contributed by atoms with Crippen LogP contribution in [0.2, 0.25) is 0 Å². The molecule has 0 aromatic heterocycles. The predicted molar refractivity (Wildman–Crippen MR) is 40.9 cm³/mol. The van der Waals surface area contributed by atoms with Crippen molar-refractivity contribution in [3.8, 4) is 0 Å². The van der Waals surface area contributed by atoms with E-state index >= 15 is 0 Å². The van der Waals surface area contributed by atoms with E-state index < -0.39 is 5.97 Å². The van der Waals surface area contributed by atoms with Crippen molar-refractivity contribution >= 4 is 29.2 Å². The molecule has 0 aromatic carbocycles. The summed E-state index contributed by atoms with van der Waals surface area (Å²) in [6, 6.07) is 0. The van der Waals surface area contributed by atoms with Crippen LogP contribution in [-0.4, -0.2) is 13.1 Å². The second-order valence-electron chi connectivity index (χ2n) is 1.45. The summed E-state index contributed by atoms with van der Waals surface area (Å²) < 4.78 is 4.29. The lowest BCUT2D eigenvalue weighted by Crippen LogP contribution is -2.00. The first-order chi connectivity index (χ1) is 4.57. The number of halogens is 2. The minimum absolute atomic E-state index is 0.0181. The van der Waals surface area contributed by atoms with Gasteiger partial charge in [0.1, 0.15) is 4.49 Å². The minimum atomic E-state index is -0.543. The standard InChI is InChI=1S/C6H6Cl2O2/c1-4(3-5(7)8)6(9)10-2/h3H,1H2,2H3. The van der Waals surface area contributed by atoms with Crippen LogP contribution < -0.4 is 0 Å². The molecule has 56 valence electrons. The fourth-order valence-corrected chi connectivity index (χ4v) is 0.585. The van der Waals surface area contributed by atoms with E-state index in [9.17, 15) is 4.79 Å². The normalized spacial score (nSPS) is 8.30. The van der Waals surface area contributed by atoms with Crippen molar-refractivity contribution in [3.05, 3.63) is 22.7 Å². The quantitative estimate of drug-likeness (QED) is 0.370.